The number of piperazine rings is 1. The molecule has 1 aliphatic heterocycles. The average Bonchev–Trinajstić information content (AvgIpc) is 2.33. The molecule has 1 fully saturated rings. The van der Waals surface area contributed by atoms with Gasteiger partial charge in [-0.3, -0.25) is 9.59 Å². The highest BCUT2D eigenvalue weighted by atomic mass is 16.2. The summed E-state index contributed by atoms with van der Waals surface area (Å²) in [5, 5.41) is 5.73. The molecule has 4 nitrogen and oxygen atoms in total. The van der Waals surface area contributed by atoms with Crippen molar-refractivity contribution >= 4 is 11.7 Å². The Morgan fingerprint density at radius 3 is 2.61 bits per heavy atom. The lowest BCUT2D eigenvalue weighted by molar-refractivity contribution is -0.119. The fraction of sp³-hybridized carbons (Fsp3) is 0.286. The van der Waals surface area contributed by atoms with Crippen LogP contribution in [0.3, 0.4) is 0 Å². The number of nitrogens with one attached hydrogen (secondary N) is 2. The summed E-state index contributed by atoms with van der Waals surface area (Å²) >= 11 is 0. The summed E-state index contributed by atoms with van der Waals surface area (Å²) in [4.78, 5) is 23.6. The topological polar surface area (TPSA) is 58.2 Å². The first kappa shape index (κ1) is 12.4. The number of rotatable bonds is 2. The number of ketones is 1. The van der Waals surface area contributed by atoms with E-state index in [-0.39, 0.29) is 17.7 Å². The molecular weight excluding hydrogens is 228 g/mol. The smallest absolute Gasteiger partial charge is 0.267 e. The largest absolute Gasteiger partial charge is 0.378 e. The second-order valence-electron chi connectivity index (χ2n) is 4.54. The van der Waals surface area contributed by atoms with E-state index in [2.05, 4.69) is 10.6 Å². The standard InChI is InChI=1S/C14H16N2O2/c1-9-3-5-11(6-4-9)13(17)7-12-14(18)16-10(2)8-15-12/h3-7,10,15H,8H2,1-2H3,(H,16,18)/b12-7+/t10-/m1/s1. The maximum Gasteiger partial charge on any atom is 0.267 e. The summed E-state index contributed by atoms with van der Waals surface area (Å²) in [6.07, 6.45) is 1.35. The Bertz CT molecular complexity index is 503. The molecule has 1 atom stereocenters. The number of carbonyl (C=O) groups excluding carboxylic acids is 2. The van der Waals surface area contributed by atoms with Crippen molar-refractivity contribution in [1.29, 1.82) is 0 Å². The van der Waals surface area contributed by atoms with Gasteiger partial charge in [-0.2, -0.15) is 0 Å². The van der Waals surface area contributed by atoms with Crippen LogP contribution in [0.25, 0.3) is 0 Å². The van der Waals surface area contributed by atoms with Crippen LogP contribution < -0.4 is 10.6 Å². The van der Waals surface area contributed by atoms with Crippen LogP contribution in [0.4, 0.5) is 0 Å². The van der Waals surface area contributed by atoms with Gasteiger partial charge in [0.2, 0.25) is 0 Å². The molecule has 94 valence electrons. The lowest BCUT2D eigenvalue weighted by Gasteiger charge is -2.23. The summed E-state index contributed by atoms with van der Waals surface area (Å²) in [5.41, 5.74) is 2.02. The van der Waals surface area contributed by atoms with Crippen molar-refractivity contribution in [2.75, 3.05) is 6.54 Å². The Labute approximate surface area is 106 Å². The highest BCUT2D eigenvalue weighted by molar-refractivity contribution is 6.09. The van der Waals surface area contributed by atoms with E-state index in [1.54, 1.807) is 12.1 Å². The van der Waals surface area contributed by atoms with Crippen molar-refractivity contribution in [1.82, 2.24) is 10.6 Å². The Hall–Kier alpha value is -2.10. The number of amides is 1. The molecule has 1 aromatic carbocycles. The number of hydrogen-bond acceptors (Lipinski definition) is 3. The summed E-state index contributed by atoms with van der Waals surface area (Å²) in [5.74, 6) is -0.392. The zero-order valence-corrected chi connectivity index (χ0v) is 10.5. The molecule has 0 spiro atoms. The predicted molar refractivity (Wildman–Crippen MR) is 69.2 cm³/mol. The van der Waals surface area contributed by atoms with Crippen molar-refractivity contribution in [3.63, 3.8) is 0 Å². The quantitative estimate of drug-likeness (QED) is 0.606. The molecule has 2 rings (SSSR count). The third-order valence-electron chi connectivity index (χ3n) is 2.83. The van der Waals surface area contributed by atoms with Gasteiger partial charge >= 0.3 is 0 Å². The van der Waals surface area contributed by atoms with Gasteiger partial charge in [0.1, 0.15) is 5.70 Å². The molecule has 2 N–H and O–H groups in total. The molecule has 0 saturated carbocycles. The molecule has 0 radical (unpaired) electrons. The van der Waals surface area contributed by atoms with Crippen LogP contribution in [-0.4, -0.2) is 24.3 Å². The fourth-order valence-corrected chi connectivity index (χ4v) is 1.74. The maximum atomic E-state index is 12.0. The van der Waals surface area contributed by atoms with Crippen LogP contribution in [0.2, 0.25) is 0 Å². The van der Waals surface area contributed by atoms with Crippen molar-refractivity contribution in [3.8, 4) is 0 Å². The van der Waals surface area contributed by atoms with Gasteiger partial charge in [0.05, 0.1) is 0 Å². The Morgan fingerprint density at radius 1 is 1.33 bits per heavy atom. The van der Waals surface area contributed by atoms with Gasteiger partial charge < -0.3 is 10.6 Å². The molecule has 18 heavy (non-hydrogen) atoms. The highest BCUT2D eigenvalue weighted by Gasteiger charge is 2.19. The van der Waals surface area contributed by atoms with Gasteiger partial charge in [0, 0.05) is 24.2 Å². The van der Waals surface area contributed by atoms with Gasteiger partial charge in [0.25, 0.3) is 5.91 Å². The number of allylic oxidation sites excluding steroid dienone is 1. The molecule has 1 heterocycles. The molecule has 1 amide bonds. The number of aryl methyl sites for hydroxylation is 1. The maximum absolute atomic E-state index is 12.0. The van der Waals surface area contributed by atoms with Gasteiger partial charge in [-0.15, -0.1) is 0 Å². The monoisotopic (exact) mass is 244 g/mol. The zero-order chi connectivity index (χ0) is 13.1. The minimum Gasteiger partial charge on any atom is -0.378 e. The fourth-order valence-electron chi connectivity index (χ4n) is 1.74. The Kier molecular flexibility index (Phi) is 3.46. The first-order valence-corrected chi connectivity index (χ1v) is 5.93. The van der Waals surface area contributed by atoms with Crippen molar-refractivity contribution in [3.05, 3.63) is 47.2 Å². The van der Waals surface area contributed by atoms with Crippen LogP contribution in [0.1, 0.15) is 22.8 Å². The summed E-state index contributed by atoms with van der Waals surface area (Å²) in [7, 11) is 0. The number of hydrogen-bond donors (Lipinski definition) is 2. The normalized spacial score (nSPS) is 21.3. The predicted octanol–water partition coefficient (Wildman–Crippen LogP) is 1.17. The lowest BCUT2D eigenvalue weighted by atomic mass is 10.1. The van der Waals surface area contributed by atoms with Crippen molar-refractivity contribution < 1.29 is 9.59 Å². The van der Waals surface area contributed by atoms with Crippen LogP contribution >= 0.6 is 0 Å². The van der Waals surface area contributed by atoms with Gasteiger partial charge in [0.15, 0.2) is 5.78 Å². The van der Waals surface area contributed by atoms with E-state index in [4.69, 9.17) is 0 Å². The van der Waals surface area contributed by atoms with Crippen LogP contribution in [0, 0.1) is 6.92 Å². The summed E-state index contributed by atoms with van der Waals surface area (Å²) < 4.78 is 0. The molecule has 4 heteroatoms. The first-order chi connectivity index (χ1) is 8.56. The average molecular weight is 244 g/mol. The third kappa shape index (κ3) is 2.77. The van der Waals surface area contributed by atoms with E-state index in [1.807, 2.05) is 26.0 Å². The van der Waals surface area contributed by atoms with Crippen LogP contribution in [0.5, 0.6) is 0 Å². The number of carbonyl (C=O) groups is 2. The van der Waals surface area contributed by atoms with E-state index in [1.165, 1.54) is 6.08 Å². The minimum atomic E-state index is -0.228. The van der Waals surface area contributed by atoms with Gasteiger partial charge in [-0.1, -0.05) is 29.8 Å². The Balaban J connectivity index is 2.15. The summed E-state index contributed by atoms with van der Waals surface area (Å²) in [6.45, 7) is 4.51. The van der Waals surface area contributed by atoms with Crippen LogP contribution in [0.15, 0.2) is 36.0 Å². The van der Waals surface area contributed by atoms with Crippen molar-refractivity contribution in [2.45, 2.75) is 19.9 Å². The zero-order valence-electron chi connectivity index (χ0n) is 10.5. The molecule has 1 aromatic rings. The third-order valence-corrected chi connectivity index (χ3v) is 2.83. The number of benzene rings is 1. The van der Waals surface area contributed by atoms with E-state index >= 15 is 0 Å². The van der Waals surface area contributed by atoms with Gasteiger partial charge in [-0.25, -0.2) is 0 Å². The second kappa shape index (κ2) is 5.04. The minimum absolute atomic E-state index is 0.0872. The second-order valence-corrected chi connectivity index (χ2v) is 4.54. The van der Waals surface area contributed by atoms with Gasteiger partial charge in [-0.05, 0) is 13.8 Å². The lowest BCUT2D eigenvalue weighted by Crippen LogP contribution is -2.49. The molecule has 1 aliphatic rings. The van der Waals surface area contributed by atoms with E-state index in [0.29, 0.717) is 17.8 Å². The molecule has 0 aromatic heterocycles. The first-order valence-electron chi connectivity index (χ1n) is 5.93. The summed E-state index contributed by atoms with van der Waals surface area (Å²) in [6, 6.07) is 7.37. The van der Waals surface area contributed by atoms with Crippen molar-refractivity contribution in [2.24, 2.45) is 0 Å². The van der Waals surface area contributed by atoms with E-state index in [9.17, 15) is 9.59 Å². The van der Waals surface area contributed by atoms with E-state index < -0.39 is 0 Å². The highest BCUT2D eigenvalue weighted by Crippen LogP contribution is 2.07. The molecule has 0 unspecified atom stereocenters. The molecular formula is C14H16N2O2. The molecule has 0 aliphatic carbocycles. The van der Waals surface area contributed by atoms with E-state index in [0.717, 1.165) is 5.56 Å². The van der Waals surface area contributed by atoms with Crippen LogP contribution in [-0.2, 0) is 4.79 Å². The SMILES string of the molecule is Cc1ccc(C(=O)/C=C2/NC[C@@H](C)NC2=O)cc1. The Morgan fingerprint density at radius 2 is 2.00 bits per heavy atom. The molecule has 1 saturated heterocycles. The molecule has 0 bridgehead atoms.